The molecule has 1 amide bonds. The molecule has 1 aliphatic heterocycles. The van der Waals surface area contributed by atoms with E-state index in [4.69, 9.17) is 0 Å². The van der Waals surface area contributed by atoms with Gasteiger partial charge in [-0.2, -0.15) is 0 Å². The van der Waals surface area contributed by atoms with Crippen LogP contribution >= 0.6 is 15.9 Å². The van der Waals surface area contributed by atoms with Crippen molar-refractivity contribution < 1.29 is 4.79 Å². The number of aryl methyl sites for hydroxylation is 1. The van der Waals surface area contributed by atoms with Crippen LogP contribution in [0.25, 0.3) is 11.3 Å². The highest BCUT2D eigenvalue weighted by Gasteiger charge is 2.26. The van der Waals surface area contributed by atoms with Crippen LogP contribution in [-0.2, 0) is 4.79 Å². The van der Waals surface area contributed by atoms with Crippen LogP contribution in [0, 0.1) is 12.8 Å². The zero-order chi connectivity index (χ0) is 20.2. The van der Waals surface area contributed by atoms with Crippen molar-refractivity contribution in [1.82, 2.24) is 9.97 Å². The van der Waals surface area contributed by atoms with Crippen LogP contribution in [0.15, 0.2) is 65.4 Å². The Morgan fingerprint density at radius 1 is 1.07 bits per heavy atom. The number of amides is 1. The van der Waals surface area contributed by atoms with Crippen LogP contribution < -0.4 is 10.2 Å². The second-order valence-electron chi connectivity index (χ2n) is 7.34. The molecule has 0 bridgehead atoms. The number of benzene rings is 2. The zero-order valence-corrected chi connectivity index (χ0v) is 17.9. The summed E-state index contributed by atoms with van der Waals surface area (Å²) in [6.45, 7) is 3.63. The van der Waals surface area contributed by atoms with Crippen molar-refractivity contribution in [2.24, 2.45) is 5.92 Å². The van der Waals surface area contributed by atoms with E-state index in [0.717, 1.165) is 58.7 Å². The van der Waals surface area contributed by atoms with E-state index in [1.54, 1.807) is 6.33 Å². The Morgan fingerprint density at radius 2 is 1.83 bits per heavy atom. The van der Waals surface area contributed by atoms with Gasteiger partial charge >= 0.3 is 0 Å². The summed E-state index contributed by atoms with van der Waals surface area (Å²) >= 11 is 3.49. The van der Waals surface area contributed by atoms with Crippen LogP contribution in [0.1, 0.15) is 18.4 Å². The van der Waals surface area contributed by atoms with Crippen LogP contribution in [-0.4, -0.2) is 29.0 Å². The van der Waals surface area contributed by atoms with Gasteiger partial charge in [-0.25, -0.2) is 9.97 Å². The van der Waals surface area contributed by atoms with Crippen molar-refractivity contribution in [2.75, 3.05) is 23.3 Å². The first-order valence-electron chi connectivity index (χ1n) is 9.79. The van der Waals surface area contributed by atoms with Crippen molar-refractivity contribution in [3.8, 4) is 11.3 Å². The maximum atomic E-state index is 12.7. The Balaban J connectivity index is 1.38. The third-order valence-electron chi connectivity index (χ3n) is 5.34. The van der Waals surface area contributed by atoms with Gasteiger partial charge in [-0.3, -0.25) is 4.79 Å². The van der Waals surface area contributed by atoms with E-state index in [2.05, 4.69) is 36.1 Å². The molecule has 2 heterocycles. The normalized spacial score (nSPS) is 14.6. The predicted octanol–water partition coefficient (Wildman–Crippen LogP) is 5.07. The molecule has 5 nitrogen and oxygen atoms in total. The number of aromatic nitrogens is 2. The molecule has 1 aromatic heterocycles. The number of rotatable bonds is 4. The summed E-state index contributed by atoms with van der Waals surface area (Å²) in [7, 11) is 0. The summed E-state index contributed by atoms with van der Waals surface area (Å²) in [5.41, 5.74) is 3.95. The average molecular weight is 451 g/mol. The van der Waals surface area contributed by atoms with Crippen molar-refractivity contribution in [2.45, 2.75) is 19.8 Å². The van der Waals surface area contributed by atoms with Gasteiger partial charge in [0.2, 0.25) is 5.91 Å². The van der Waals surface area contributed by atoms with Crippen LogP contribution in [0.5, 0.6) is 0 Å². The summed E-state index contributed by atoms with van der Waals surface area (Å²) in [6.07, 6.45) is 3.24. The molecule has 0 unspecified atom stereocenters. The van der Waals surface area contributed by atoms with Gasteiger partial charge in [0, 0.05) is 40.8 Å². The fourth-order valence-electron chi connectivity index (χ4n) is 3.62. The molecular weight excluding hydrogens is 428 g/mol. The number of nitrogens with one attached hydrogen (secondary N) is 1. The fourth-order valence-corrected chi connectivity index (χ4v) is 3.87. The Bertz CT molecular complexity index is 1000. The van der Waals surface area contributed by atoms with E-state index in [1.165, 1.54) is 0 Å². The first kappa shape index (κ1) is 19.6. The van der Waals surface area contributed by atoms with Gasteiger partial charge in [0.15, 0.2) is 0 Å². The van der Waals surface area contributed by atoms with Gasteiger partial charge in [0.25, 0.3) is 0 Å². The highest BCUT2D eigenvalue weighted by atomic mass is 79.9. The Labute approximate surface area is 179 Å². The predicted molar refractivity (Wildman–Crippen MR) is 120 cm³/mol. The largest absolute Gasteiger partial charge is 0.356 e. The van der Waals surface area contributed by atoms with Crippen molar-refractivity contribution >= 4 is 33.3 Å². The number of halogens is 1. The first-order chi connectivity index (χ1) is 14.1. The third-order valence-corrected chi connectivity index (χ3v) is 6.23. The Kier molecular flexibility index (Phi) is 5.90. The lowest BCUT2D eigenvalue weighted by molar-refractivity contribution is -0.120. The highest BCUT2D eigenvalue weighted by molar-refractivity contribution is 9.10. The molecule has 4 rings (SSSR count). The summed E-state index contributed by atoms with van der Waals surface area (Å²) in [5, 5.41) is 3.06. The molecule has 148 valence electrons. The van der Waals surface area contributed by atoms with E-state index in [9.17, 15) is 4.79 Å². The molecule has 1 fully saturated rings. The zero-order valence-electron chi connectivity index (χ0n) is 16.3. The minimum absolute atomic E-state index is 0.0191. The summed E-state index contributed by atoms with van der Waals surface area (Å²) in [5.74, 6) is 1.03. The van der Waals surface area contributed by atoms with Crippen LogP contribution in [0.3, 0.4) is 0 Å². The van der Waals surface area contributed by atoms with Gasteiger partial charge < -0.3 is 10.2 Å². The number of piperidine rings is 1. The highest BCUT2D eigenvalue weighted by Crippen LogP contribution is 2.26. The second kappa shape index (κ2) is 8.74. The SMILES string of the molecule is Cc1cc(NC(=O)C2CCN(c3cc(-c4ccccc4)ncn3)CC2)ccc1Br. The summed E-state index contributed by atoms with van der Waals surface area (Å²) < 4.78 is 1.04. The monoisotopic (exact) mass is 450 g/mol. The number of carbonyl (C=O) groups excluding carboxylic acids is 1. The number of nitrogens with zero attached hydrogens (tertiary/aromatic N) is 3. The van der Waals surface area contributed by atoms with E-state index < -0.39 is 0 Å². The molecule has 0 atom stereocenters. The average Bonchev–Trinajstić information content (AvgIpc) is 2.77. The smallest absolute Gasteiger partial charge is 0.227 e. The minimum Gasteiger partial charge on any atom is -0.356 e. The van der Waals surface area contributed by atoms with Gasteiger partial charge in [0.05, 0.1) is 5.69 Å². The van der Waals surface area contributed by atoms with E-state index in [1.807, 2.05) is 61.5 Å². The van der Waals surface area contributed by atoms with Gasteiger partial charge in [0.1, 0.15) is 12.1 Å². The lowest BCUT2D eigenvalue weighted by Crippen LogP contribution is -2.38. The maximum absolute atomic E-state index is 12.7. The first-order valence-corrected chi connectivity index (χ1v) is 10.6. The minimum atomic E-state index is 0.0191. The van der Waals surface area contributed by atoms with Crippen molar-refractivity contribution in [3.05, 3.63) is 71.0 Å². The van der Waals surface area contributed by atoms with Crippen LogP contribution in [0.4, 0.5) is 11.5 Å². The standard InChI is InChI=1S/C23H23BrN4O/c1-16-13-19(7-8-20(16)24)27-23(29)18-9-11-28(12-10-18)22-14-21(25-15-26-22)17-5-3-2-4-6-17/h2-8,13-15,18H,9-12H2,1H3,(H,27,29). The molecule has 0 spiro atoms. The fraction of sp³-hybridized carbons (Fsp3) is 0.261. The van der Waals surface area contributed by atoms with Gasteiger partial charge in [-0.15, -0.1) is 0 Å². The van der Waals surface area contributed by atoms with Crippen molar-refractivity contribution in [1.29, 1.82) is 0 Å². The molecule has 2 aromatic carbocycles. The molecule has 29 heavy (non-hydrogen) atoms. The summed E-state index contributed by atoms with van der Waals surface area (Å²) in [4.78, 5) is 23.8. The maximum Gasteiger partial charge on any atom is 0.227 e. The van der Waals surface area contributed by atoms with E-state index >= 15 is 0 Å². The third kappa shape index (κ3) is 4.65. The lowest BCUT2D eigenvalue weighted by atomic mass is 9.95. The molecule has 3 aromatic rings. The molecule has 0 radical (unpaired) electrons. The Morgan fingerprint density at radius 3 is 2.55 bits per heavy atom. The number of carbonyl (C=O) groups is 1. The molecule has 1 saturated heterocycles. The van der Waals surface area contributed by atoms with E-state index in [0.29, 0.717) is 0 Å². The van der Waals surface area contributed by atoms with Gasteiger partial charge in [-0.1, -0.05) is 46.3 Å². The van der Waals surface area contributed by atoms with E-state index in [-0.39, 0.29) is 11.8 Å². The lowest BCUT2D eigenvalue weighted by Gasteiger charge is -2.32. The molecule has 1 aliphatic rings. The molecular formula is C23H23BrN4O. The number of hydrogen-bond acceptors (Lipinski definition) is 4. The number of anilines is 2. The van der Waals surface area contributed by atoms with Gasteiger partial charge in [-0.05, 0) is 43.5 Å². The second-order valence-corrected chi connectivity index (χ2v) is 8.20. The van der Waals surface area contributed by atoms with Crippen molar-refractivity contribution in [3.63, 3.8) is 0 Å². The summed E-state index contributed by atoms with van der Waals surface area (Å²) in [6, 6.07) is 18.0. The topological polar surface area (TPSA) is 58.1 Å². The number of hydrogen-bond donors (Lipinski definition) is 1. The molecule has 6 heteroatoms. The molecule has 0 aliphatic carbocycles. The quantitative estimate of drug-likeness (QED) is 0.602. The van der Waals surface area contributed by atoms with Crippen LogP contribution in [0.2, 0.25) is 0 Å². The Hall–Kier alpha value is -2.73. The molecule has 1 N–H and O–H groups in total. The molecule has 0 saturated carbocycles.